The Morgan fingerprint density at radius 3 is 2.40 bits per heavy atom. The zero-order valence-electron chi connectivity index (χ0n) is 15.0. The normalized spacial score (nSPS) is 22.1. The van der Waals surface area contributed by atoms with Gasteiger partial charge in [0.05, 0.1) is 18.4 Å². The Hall–Kier alpha value is -1.88. The van der Waals surface area contributed by atoms with Gasteiger partial charge in [0, 0.05) is 26.2 Å². The van der Waals surface area contributed by atoms with Gasteiger partial charge in [-0.15, -0.1) is 0 Å². The lowest BCUT2D eigenvalue weighted by Gasteiger charge is -2.32. The minimum absolute atomic E-state index is 0.0397. The Morgan fingerprint density at radius 1 is 1.04 bits per heavy atom. The summed E-state index contributed by atoms with van der Waals surface area (Å²) in [5, 5.41) is 0. The summed E-state index contributed by atoms with van der Waals surface area (Å²) in [6.07, 6.45) is 2.39. The van der Waals surface area contributed by atoms with E-state index in [9.17, 15) is 9.59 Å². The molecule has 1 aromatic carbocycles. The van der Waals surface area contributed by atoms with Crippen molar-refractivity contribution in [2.24, 2.45) is 11.8 Å². The van der Waals surface area contributed by atoms with E-state index in [1.807, 2.05) is 17.9 Å². The minimum atomic E-state index is -0.107. The van der Waals surface area contributed by atoms with Crippen LogP contribution in [0.1, 0.15) is 31.7 Å². The molecule has 0 radical (unpaired) electrons. The average Bonchev–Trinajstić information content (AvgIpc) is 3.11. The van der Waals surface area contributed by atoms with Gasteiger partial charge in [-0.05, 0) is 38.3 Å². The fraction of sp³-hybridized carbons (Fsp3) is 0.600. The molecule has 2 heterocycles. The second kappa shape index (κ2) is 8.48. The number of hydrogen-bond acceptors (Lipinski definition) is 4. The first-order valence-corrected chi connectivity index (χ1v) is 9.39. The van der Waals surface area contributed by atoms with Gasteiger partial charge in [-0.1, -0.05) is 30.3 Å². The van der Waals surface area contributed by atoms with Gasteiger partial charge in [0.1, 0.15) is 0 Å². The Kier molecular flexibility index (Phi) is 6.08. The van der Waals surface area contributed by atoms with Crippen molar-refractivity contribution in [3.8, 4) is 0 Å². The highest BCUT2D eigenvalue weighted by molar-refractivity contribution is 5.80. The molecule has 0 saturated carbocycles. The van der Waals surface area contributed by atoms with Gasteiger partial charge in [0.15, 0.2) is 0 Å². The maximum absolute atomic E-state index is 12.8. The van der Waals surface area contributed by atoms with Crippen molar-refractivity contribution in [2.75, 3.05) is 32.8 Å². The van der Waals surface area contributed by atoms with Crippen LogP contribution in [0.2, 0.25) is 0 Å². The summed E-state index contributed by atoms with van der Waals surface area (Å²) in [6.45, 7) is 6.34. The molecule has 2 saturated heterocycles. The first-order valence-electron chi connectivity index (χ1n) is 9.39. The maximum atomic E-state index is 12.8. The standard InChI is InChI=1S/C20H28N2O3/c1-2-25-20(24)17-9-12-22(13-10-17)19(23)18-8-11-21(15-18)14-16-6-4-3-5-7-16/h3-7,17-18H,2,8-15H2,1H3. The Labute approximate surface area is 149 Å². The fourth-order valence-electron chi connectivity index (χ4n) is 3.87. The molecule has 1 aromatic rings. The maximum Gasteiger partial charge on any atom is 0.309 e. The molecule has 0 bridgehead atoms. The van der Waals surface area contributed by atoms with E-state index in [4.69, 9.17) is 4.74 Å². The number of piperidine rings is 1. The number of amides is 1. The monoisotopic (exact) mass is 344 g/mol. The average molecular weight is 344 g/mol. The molecule has 0 aromatic heterocycles. The minimum Gasteiger partial charge on any atom is -0.466 e. The predicted octanol–water partition coefficient (Wildman–Crippen LogP) is 2.31. The van der Waals surface area contributed by atoms with E-state index >= 15 is 0 Å². The van der Waals surface area contributed by atoms with Crippen LogP contribution in [-0.4, -0.2) is 54.5 Å². The van der Waals surface area contributed by atoms with Gasteiger partial charge in [-0.3, -0.25) is 14.5 Å². The highest BCUT2D eigenvalue weighted by atomic mass is 16.5. The molecule has 0 N–H and O–H groups in total. The van der Waals surface area contributed by atoms with Crippen molar-refractivity contribution in [3.63, 3.8) is 0 Å². The van der Waals surface area contributed by atoms with E-state index in [0.29, 0.717) is 19.7 Å². The summed E-state index contributed by atoms with van der Waals surface area (Å²) in [6, 6.07) is 10.4. The number of ether oxygens (including phenoxy) is 1. The molecule has 5 nitrogen and oxygen atoms in total. The molecular formula is C20H28N2O3. The third-order valence-electron chi connectivity index (χ3n) is 5.30. The number of carbonyl (C=O) groups is 2. The van der Waals surface area contributed by atoms with E-state index in [0.717, 1.165) is 38.9 Å². The quantitative estimate of drug-likeness (QED) is 0.769. The van der Waals surface area contributed by atoms with Crippen LogP contribution in [0.3, 0.4) is 0 Å². The van der Waals surface area contributed by atoms with E-state index in [2.05, 4.69) is 29.2 Å². The highest BCUT2D eigenvalue weighted by Crippen LogP contribution is 2.24. The molecule has 3 rings (SSSR count). The van der Waals surface area contributed by atoms with Crippen molar-refractivity contribution >= 4 is 11.9 Å². The zero-order valence-corrected chi connectivity index (χ0v) is 15.0. The van der Waals surface area contributed by atoms with E-state index in [1.165, 1.54) is 5.56 Å². The SMILES string of the molecule is CCOC(=O)C1CCN(C(=O)C2CCN(Cc3ccccc3)C2)CC1. The Balaban J connectivity index is 1.46. The van der Waals surface area contributed by atoms with Crippen molar-refractivity contribution in [1.29, 1.82) is 0 Å². The number of esters is 1. The molecular weight excluding hydrogens is 316 g/mol. The number of benzene rings is 1. The highest BCUT2D eigenvalue weighted by Gasteiger charge is 2.34. The second-order valence-electron chi connectivity index (χ2n) is 7.06. The smallest absolute Gasteiger partial charge is 0.309 e. The van der Waals surface area contributed by atoms with Crippen molar-refractivity contribution in [3.05, 3.63) is 35.9 Å². The van der Waals surface area contributed by atoms with Crippen LogP contribution in [0.15, 0.2) is 30.3 Å². The van der Waals surface area contributed by atoms with Gasteiger partial charge >= 0.3 is 5.97 Å². The first-order chi connectivity index (χ1) is 12.2. The van der Waals surface area contributed by atoms with Gasteiger partial charge in [-0.2, -0.15) is 0 Å². The molecule has 1 amide bonds. The Bertz CT molecular complexity index is 582. The lowest BCUT2D eigenvalue weighted by atomic mass is 9.95. The van der Waals surface area contributed by atoms with Crippen LogP contribution < -0.4 is 0 Å². The number of hydrogen-bond donors (Lipinski definition) is 0. The molecule has 0 aliphatic carbocycles. The van der Waals surface area contributed by atoms with Crippen LogP contribution in [0.5, 0.6) is 0 Å². The third kappa shape index (κ3) is 4.60. The molecule has 25 heavy (non-hydrogen) atoms. The van der Waals surface area contributed by atoms with E-state index in [1.54, 1.807) is 0 Å². The van der Waals surface area contributed by atoms with Gasteiger partial charge < -0.3 is 9.64 Å². The predicted molar refractivity (Wildman–Crippen MR) is 95.8 cm³/mol. The Morgan fingerprint density at radius 2 is 1.72 bits per heavy atom. The van der Waals surface area contributed by atoms with Crippen LogP contribution in [0.4, 0.5) is 0 Å². The number of nitrogens with zero attached hydrogens (tertiary/aromatic N) is 2. The summed E-state index contributed by atoms with van der Waals surface area (Å²) >= 11 is 0. The van der Waals surface area contributed by atoms with Gasteiger partial charge in [0.25, 0.3) is 0 Å². The lowest BCUT2D eigenvalue weighted by molar-refractivity contribution is -0.151. The van der Waals surface area contributed by atoms with Crippen molar-refractivity contribution < 1.29 is 14.3 Å². The molecule has 136 valence electrons. The first kappa shape index (κ1) is 17.9. The summed E-state index contributed by atoms with van der Waals surface area (Å²) in [5.41, 5.74) is 1.30. The zero-order chi connectivity index (χ0) is 17.6. The molecule has 2 aliphatic heterocycles. The fourth-order valence-corrected chi connectivity index (χ4v) is 3.87. The molecule has 2 aliphatic rings. The topological polar surface area (TPSA) is 49.9 Å². The number of likely N-dealkylation sites (tertiary alicyclic amines) is 2. The van der Waals surface area contributed by atoms with Crippen LogP contribution >= 0.6 is 0 Å². The summed E-state index contributed by atoms with van der Waals surface area (Å²) < 4.78 is 5.10. The number of rotatable bonds is 5. The molecule has 5 heteroatoms. The van der Waals surface area contributed by atoms with Crippen LogP contribution in [0, 0.1) is 11.8 Å². The molecule has 1 unspecified atom stereocenters. The van der Waals surface area contributed by atoms with Crippen LogP contribution in [-0.2, 0) is 20.9 Å². The van der Waals surface area contributed by atoms with Crippen molar-refractivity contribution in [1.82, 2.24) is 9.80 Å². The van der Waals surface area contributed by atoms with Crippen molar-refractivity contribution in [2.45, 2.75) is 32.7 Å². The molecule has 1 atom stereocenters. The summed E-state index contributed by atoms with van der Waals surface area (Å²) in [7, 11) is 0. The molecule has 0 spiro atoms. The molecule has 2 fully saturated rings. The van der Waals surface area contributed by atoms with Gasteiger partial charge in [-0.25, -0.2) is 0 Å². The second-order valence-corrected chi connectivity index (χ2v) is 7.06. The largest absolute Gasteiger partial charge is 0.466 e. The van der Waals surface area contributed by atoms with Gasteiger partial charge in [0.2, 0.25) is 5.91 Å². The third-order valence-corrected chi connectivity index (χ3v) is 5.30. The van der Waals surface area contributed by atoms with E-state index < -0.39 is 0 Å². The van der Waals surface area contributed by atoms with Crippen LogP contribution in [0.25, 0.3) is 0 Å². The summed E-state index contributed by atoms with van der Waals surface area (Å²) in [5.74, 6) is 0.215. The number of carbonyl (C=O) groups excluding carboxylic acids is 2. The lowest BCUT2D eigenvalue weighted by Crippen LogP contribution is -2.44. The summed E-state index contributed by atoms with van der Waals surface area (Å²) in [4.78, 5) is 28.9. The van der Waals surface area contributed by atoms with E-state index in [-0.39, 0.29) is 23.7 Å².